The van der Waals surface area contributed by atoms with Crippen molar-refractivity contribution in [3.05, 3.63) is 46.2 Å². The Balaban J connectivity index is 1.92. The van der Waals surface area contributed by atoms with Crippen LogP contribution >= 0.6 is 11.3 Å². The standard InChI is InChI=1S/C16H16N2O3S/c1-21-16(20)17-12-7-6-11-4-2-8-18(13(11)10-12)15(19)14-5-3-9-22-14/h3,5-7,9-10H,2,4,8H2,1H3,(H,17,20). The zero-order valence-corrected chi connectivity index (χ0v) is 13.0. The van der Waals surface area contributed by atoms with E-state index in [4.69, 9.17) is 0 Å². The van der Waals surface area contributed by atoms with Crippen LogP contribution in [0.5, 0.6) is 0 Å². The van der Waals surface area contributed by atoms with Gasteiger partial charge in [-0.25, -0.2) is 4.79 Å². The third-order valence-electron chi connectivity index (χ3n) is 3.61. The number of hydrogen-bond donors (Lipinski definition) is 1. The van der Waals surface area contributed by atoms with Gasteiger partial charge in [0.05, 0.1) is 12.0 Å². The number of rotatable bonds is 2. The normalized spacial score (nSPS) is 13.4. The third-order valence-corrected chi connectivity index (χ3v) is 4.47. The molecule has 0 unspecified atom stereocenters. The van der Waals surface area contributed by atoms with Gasteiger partial charge in [-0.15, -0.1) is 11.3 Å². The molecule has 0 saturated heterocycles. The van der Waals surface area contributed by atoms with Gasteiger partial charge < -0.3 is 9.64 Å². The molecule has 0 radical (unpaired) electrons. The number of hydrogen-bond acceptors (Lipinski definition) is 4. The van der Waals surface area contributed by atoms with E-state index in [-0.39, 0.29) is 5.91 Å². The van der Waals surface area contributed by atoms with Crippen LogP contribution in [0.25, 0.3) is 0 Å². The fourth-order valence-corrected chi connectivity index (χ4v) is 3.24. The molecule has 2 aromatic rings. The minimum atomic E-state index is -0.521. The number of nitrogens with zero attached hydrogens (tertiary/aromatic N) is 1. The Bertz CT molecular complexity index is 697. The fourth-order valence-electron chi connectivity index (χ4n) is 2.57. The molecule has 0 bridgehead atoms. The second-order valence-corrected chi connectivity index (χ2v) is 5.95. The van der Waals surface area contributed by atoms with Gasteiger partial charge in [0, 0.05) is 17.9 Å². The molecule has 0 fully saturated rings. The summed E-state index contributed by atoms with van der Waals surface area (Å²) in [6.45, 7) is 0.686. The van der Waals surface area contributed by atoms with Gasteiger partial charge >= 0.3 is 6.09 Å². The van der Waals surface area contributed by atoms with Crippen LogP contribution in [0.15, 0.2) is 35.7 Å². The fraction of sp³-hybridized carbons (Fsp3) is 0.250. The molecule has 2 amide bonds. The van der Waals surface area contributed by atoms with Crippen LogP contribution in [-0.2, 0) is 11.2 Å². The van der Waals surface area contributed by atoms with Crippen molar-refractivity contribution >= 4 is 34.7 Å². The van der Waals surface area contributed by atoms with Crippen molar-refractivity contribution in [2.75, 3.05) is 23.9 Å². The smallest absolute Gasteiger partial charge is 0.411 e. The van der Waals surface area contributed by atoms with Crippen molar-refractivity contribution in [3.8, 4) is 0 Å². The lowest BCUT2D eigenvalue weighted by Crippen LogP contribution is -2.35. The topological polar surface area (TPSA) is 58.6 Å². The van der Waals surface area contributed by atoms with Crippen LogP contribution in [0.4, 0.5) is 16.2 Å². The van der Waals surface area contributed by atoms with Gasteiger partial charge in [-0.2, -0.15) is 0 Å². The lowest BCUT2D eigenvalue weighted by molar-refractivity contribution is 0.0989. The maximum atomic E-state index is 12.6. The summed E-state index contributed by atoms with van der Waals surface area (Å²) in [6, 6.07) is 9.32. The van der Waals surface area contributed by atoms with Crippen LogP contribution < -0.4 is 10.2 Å². The average Bonchev–Trinajstić information content (AvgIpc) is 3.08. The summed E-state index contributed by atoms with van der Waals surface area (Å²) in [5.41, 5.74) is 2.60. The van der Waals surface area contributed by atoms with Gasteiger partial charge in [-0.05, 0) is 42.0 Å². The highest BCUT2D eigenvalue weighted by molar-refractivity contribution is 7.12. The Kier molecular flexibility index (Phi) is 4.11. The molecule has 2 heterocycles. The van der Waals surface area contributed by atoms with Crippen molar-refractivity contribution in [3.63, 3.8) is 0 Å². The first-order valence-electron chi connectivity index (χ1n) is 7.02. The molecule has 5 nitrogen and oxygen atoms in total. The second kappa shape index (κ2) is 6.19. The van der Waals surface area contributed by atoms with Crippen molar-refractivity contribution in [2.45, 2.75) is 12.8 Å². The Labute approximate surface area is 132 Å². The third kappa shape index (κ3) is 2.82. The zero-order valence-electron chi connectivity index (χ0n) is 12.2. The minimum absolute atomic E-state index is 0.00571. The molecule has 1 aliphatic rings. The van der Waals surface area contributed by atoms with E-state index in [2.05, 4.69) is 10.1 Å². The molecule has 0 atom stereocenters. The molecule has 0 saturated carbocycles. The summed E-state index contributed by atoms with van der Waals surface area (Å²) in [7, 11) is 1.32. The lowest BCUT2D eigenvalue weighted by Gasteiger charge is -2.29. The highest BCUT2D eigenvalue weighted by Gasteiger charge is 2.24. The van der Waals surface area contributed by atoms with E-state index in [1.165, 1.54) is 18.4 Å². The molecule has 1 aromatic heterocycles. The molecule has 6 heteroatoms. The predicted octanol–water partition coefficient (Wildman–Crippen LogP) is 3.52. The van der Waals surface area contributed by atoms with E-state index in [1.54, 1.807) is 4.90 Å². The van der Waals surface area contributed by atoms with Gasteiger partial charge in [0.2, 0.25) is 0 Å². The number of methoxy groups -OCH3 is 1. The number of carbonyl (C=O) groups excluding carboxylic acids is 2. The van der Waals surface area contributed by atoms with Crippen LogP contribution in [0, 0.1) is 0 Å². The number of thiophene rings is 1. The molecule has 1 aliphatic heterocycles. The largest absolute Gasteiger partial charge is 0.453 e. The monoisotopic (exact) mass is 316 g/mol. The Hall–Kier alpha value is -2.34. The lowest BCUT2D eigenvalue weighted by atomic mass is 10.0. The number of carbonyl (C=O) groups is 2. The van der Waals surface area contributed by atoms with E-state index in [1.807, 2.05) is 35.7 Å². The van der Waals surface area contributed by atoms with Crippen molar-refractivity contribution in [1.82, 2.24) is 0 Å². The van der Waals surface area contributed by atoms with E-state index in [0.717, 1.165) is 29.0 Å². The first-order valence-corrected chi connectivity index (χ1v) is 7.90. The summed E-state index contributed by atoms with van der Waals surface area (Å²) in [5, 5.41) is 4.54. The van der Waals surface area contributed by atoms with E-state index in [9.17, 15) is 9.59 Å². The van der Waals surface area contributed by atoms with Crippen molar-refractivity contribution < 1.29 is 14.3 Å². The Morgan fingerprint density at radius 3 is 2.91 bits per heavy atom. The van der Waals surface area contributed by atoms with E-state index < -0.39 is 6.09 Å². The van der Waals surface area contributed by atoms with Crippen molar-refractivity contribution in [1.29, 1.82) is 0 Å². The van der Waals surface area contributed by atoms with Crippen LogP contribution in [0.2, 0.25) is 0 Å². The number of aryl methyl sites for hydroxylation is 1. The molecule has 3 rings (SSSR count). The zero-order chi connectivity index (χ0) is 15.5. The molecule has 1 N–H and O–H groups in total. The minimum Gasteiger partial charge on any atom is -0.453 e. The number of ether oxygens (including phenoxy) is 1. The number of amides is 2. The molecular weight excluding hydrogens is 300 g/mol. The summed E-state index contributed by atoms with van der Waals surface area (Å²) in [4.78, 5) is 26.5. The quantitative estimate of drug-likeness (QED) is 0.922. The van der Waals surface area contributed by atoms with Gasteiger partial charge in [0.1, 0.15) is 0 Å². The highest BCUT2D eigenvalue weighted by atomic mass is 32.1. The maximum absolute atomic E-state index is 12.6. The molecule has 0 aliphatic carbocycles. The van der Waals surface area contributed by atoms with Crippen LogP contribution in [0.3, 0.4) is 0 Å². The molecule has 114 valence electrons. The average molecular weight is 316 g/mol. The summed E-state index contributed by atoms with van der Waals surface area (Å²) >= 11 is 1.44. The molecule has 0 spiro atoms. The summed E-state index contributed by atoms with van der Waals surface area (Å²) in [6.07, 6.45) is 1.35. The molecular formula is C16H16N2O3S. The Morgan fingerprint density at radius 1 is 1.32 bits per heavy atom. The predicted molar refractivity (Wildman–Crippen MR) is 86.8 cm³/mol. The molecule has 1 aromatic carbocycles. The number of nitrogens with one attached hydrogen (secondary N) is 1. The number of benzene rings is 1. The van der Waals surface area contributed by atoms with Crippen LogP contribution in [0.1, 0.15) is 21.7 Å². The number of anilines is 2. The Morgan fingerprint density at radius 2 is 2.18 bits per heavy atom. The van der Waals surface area contributed by atoms with Crippen LogP contribution in [-0.4, -0.2) is 25.7 Å². The SMILES string of the molecule is COC(=O)Nc1ccc2c(c1)N(C(=O)c1cccs1)CCC2. The molecule has 22 heavy (non-hydrogen) atoms. The first kappa shape index (κ1) is 14.6. The van der Waals surface area contributed by atoms with E-state index >= 15 is 0 Å². The maximum Gasteiger partial charge on any atom is 0.411 e. The summed E-state index contributed by atoms with van der Waals surface area (Å²) < 4.78 is 4.60. The number of fused-ring (bicyclic) bond motifs is 1. The van der Waals surface area contributed by atoms with E-state index in [0.29, 0.717) is 12.2 Å². The highest BCUT2D eigenvalue weighted by Crippen LogP contribution is 2.31. The van der Waals surface area contributed by atoms with Gasteiger partial charge in [-0.1, -0.05) is 12.1 Å². The first-order chi connectivity index (χ1) is 10.7. The summed E-state index contributed by atoms with van der Waals surface area (Å²) in [5.74, 6) is 0.00571. The van der Waals surface area contributed by atoms with Gasteiger partial charge in [0.25, 0.3) is 5.91 Å². The second-order valence-electron chi connectivity index (χ2n) is 5.00. The van der Waals surface area contributed by atoms with Crippen molar-refractivity contribution in [2.24, 2.45) is 0 Å². The van der Waals surface area contributed by atoms with Gasteiger partial charge in [0.15, 0.2) is 0 Å². The van der Waals surface area contributed by atoms with Gasteiger partial charge in [-0.3, -0.25) is 10.1 Å².